The van der Waals surface area contributed by atoms with Crippen molar-refractivity contribution in [3.05, 3.63) is 35.4 Å². The fourth-order valence-corrected chi connectivity index (χ4v) is 3.25. The van der Waals surface area contributed by atoms with E-state index < -0.39 is 11.7 Å². The van der Waals surface area contributed by atoms with Crippen LogP contribution in [0.15, 0.2) is 24.3 Å². The molecule has 1 aromatic rings. The lowest BCUT2D eigenvalue weighted by molar-refractivity contribution is -0.137. The van der Waals surface area contributed by atoms with Gasteiger partial charge < -0.3 is 5.32 Å². The summed E-state index contributed by atoms with van der Waals surface area (Å²) in [6.07, 6.45) is -1.68. The Kier molecular flexibility index (Phi) is 3.12. The molecule has 0 bridgehead atoms. The number of carbonyl (C=O) groups is 1. The van der Waals surface area contributed by atoms with Gasteiger partial charge in [0.15, 0.2) is 5.78 Å². The minimum Gasteiger partial charge on any atom is -0.317 e. The monoisotopic (exact) mass is 283 g/mol. The highest BCUT2D eigenvalue weighted by molar-refractivity contribution is 6.00. The first-order valence-electron chi connectivity index (χ1n) is 6.85. The molecule has 2 aliphatic rings. The Labute approximate surface area is 115 Å². The number of nitrogens with one attached hydrogen (secondary N) is 1. The highest BCUT2D eigenvalue weighted by Crippen LogP contribution is 2.59. The Morgan fingerprint density at radius 2 is 1.95 bits per heavy atom. The Morgan fingerprint density at radius 3 is 2.60 bits per heavy atom. The van der Waals surface area contributed by atoms with Crippen molar-refractivity contribution in [2.45, 2.75) is 25.4 Å². The van der Waals surface area contributed by atoms with Gasteiger partial charge in [0.05, 0.1) is 5.56 Å². The summed E-state index contributed by atoms with van der Waals surface area (Å²) in [4.78, 5) is 12.4. The first-order chi connectivity index (χ1) is 9.42. The van der Waals surface area contributed by atoms with Crippen LogP contribution < -0.4 is 5.32 Å². The zero-order valence-corrected chi connectivity index (χ0v) is 11.0. The molecule has 1 spiro atoms. The maximum Gasteiger partial charge on any atom is 0.416 e. The molecule has 2 nitrogen and oxygen atoms in total. The Bertz CT molecular complexity index is 532. The fraction of sp³-hybridized carbons (Fsp3) is 0.533. The SMILES string of the molecule is O=C(c1cccc(C(F)(F)F)c1)C1CC12CCNCC2. The van der Waals surface area contributed by atoms with Crippen molar-refractivity contribution in [3.63, 3.8) is 0 Å². The summed E-state index contributed by atoms with van der Waals surface area (Å²) in [5.74, 6) is -0.217. The predicted octanol–water partition coefficient (Wildman–Crippen LogP) is 3.28. The summed E-state index contributed by atoms with van der Waals surface area (Å²) in [6.45, 7) is 1.79. The summed E-state index contributed by atoms with van der Waals surface area (Å²) >= 11 is 0. The third-order valence-electron chi connectivity index (χ3n) is 4.58. The third kappa shape index (κ3) is 2.35. The Morgan fingerprint density at radius 1 is 1.25 bits per heavy atom. The van der Waals surface area contributed by atoms with E-state index in [1.165, 1.54) is 12.1 Å². The van der Waals surface area contributed by atoms with Crippen molar-refractivity contribution in [1.82, 2.24) is 5.32 Å². The van der Waals surface area contributed by atoms with Crippen LogP contribution in [0.5, 0.6) is 0 Å². The molecule has 108 valence electrons. The van der Waals surface area contributed by atoms with Crippen molar-refractivity contribution in [2.24, 2.45) is 11.3 Å². The average molecular weight is 283 g/mol. The number of piperidine rings is 1. The average Bonchev–Trinajstić information content (AvgIpc) is 3.11. The minimum atomic E-state index is -4.40. The lowest BCUT2D eigenvalue weighted by atomic mass is 9.89. The lowest BCUT2D eigenvalue weighted by Crippen LogP contribution is -2.30. The van der Waals surface area contributed by atoms with Gasteiger partial charge in [0.25, 0.3) is 0 Å². The molecule has 0 amide bonds. The number of hydrogen-bond donors (Lipinski definition) is 1. The number of ketones is 1. The van der Waals surface area contributed by atoms with Crippen LogP contribution in [-0.2, 0) is 6.18 Å². The van der Waals surface area contributed by atoms with Gasteiger partial charge in [-0.15, -0.1) is 0 Å². The highest BCUT2D eigenvalue weighted by Gasteiger charge is 2.57. The van der Waals surface area contributed by atoms with E-state index in [0.29, 0.717) is 0 Å². The first kappa shape index (κ1) is 13.6. The lowest BCUT2D eigenvalue weighted by Gasteiger charge is -2.23. The second-order valence-corrected chi connectivity index (χ2v) is 5.81. The van der Waals surface area contributed by atoms with Crippen LogP contribution in [-0.4, -0.2) is 18.9 Å². The van der Waals surface area contributed by atoms with Crippen molar-refractivity contribution in [3.8, 4) is 0 Å². The highest BCUT2D eigenvalue weighted by atomic mass is 19.4. The molecule has 1 atom stereocenters. The van der Waals surface area contributed by atoms with Crippen LogP contribution in [0.3, 0.4) is 0 Å². The van der Waals surface area contributed by atoms with E-state index in [2.05, 4.69) is 5.32 Å². The van der Waals surface area contributed by atoms with Crippen LogP contribution in [0.2, 0.25) is 0 Å². The van der Waals surface area contributed by atoms with Gasteiger partial charge in [-0.2, -0.15) is 13.2 Å². The minimum absolute atomic E-state index is 0.0522. The van der Waals surface area contributed by atoms with Crippen molar-refractivity contribution >= 4 is 5.78 Å². The van der Waals surface area contributed by atoms with Gasteiger partial charge >= 0.3 is 6.18 Å². The normalized spacial score (nSPS) is 24.6. The largest absolute Gasteiger partial charge is 0.416 e. The van der Waals surface area contributed by atoms with Crippen LogP contribution in [0.1, 0.15) is 35.2 Å². The van der Waals surface area contributed by atoms with Crippen LogP contribution in [0, 0.1) is 11.3 Å². The number of alkyl halides is 3. The molecule has 1 aromatic carbocycles. The van der Waals surface area contributed by atoms with Crippen molar-refractivity contribution in [1.29, 1.82) is 0 Å². The summed E-state index contributed by atoms with van der Waals surface area (Å²) in [7, 11) is 0. The van der Waals surface area contributed by atoms with Crippen LogP contribution in [0.4, 0.5) is 13.2 Å². The van der Waals surface area contributed by atoms with E-state index in [-0.39, 0.29) is 22.7 Å². The molecule has 1 saturated carbocycles. The number of benzene rings is 1. The second-order valence-electron chi connectivity index (χ2n) is 5.81. The van der Waals surface area contributed by atoms with Gasteiger partial charge in [-0.25, -0.2) is 0 Å². The van der Waals surface area contributed by atoms with Gasteiger partial charge in [-0.1, -0.05) is 12.1 Å². The van der Waals surface area contributed by atoms with Gasteiger partial charge in [0.2, 0.25) is 0 Å². The molecule has 1 saturated heterocycles. The zero-order valence-electron chi connectivity index (χ0n) is 11.0. The molecule has 0 aromatic heterocycles. The molecule has 3 rings (SSSR count). The third-order valence-corrected chi connectivity index (χ3v) is 4.58. The van der Waals surface area contributed by atoms with E-state index in [9.17, 15) is 18.0 Å². The second kappa shape index (κ2) is 4.58. The molecule has 1 unspecified atom stereocenters. The van der Waals surface area contributed by atoms with E-state index >= 15 is 0 Å². The summed E-state index contributed by atoms with van der Waals surface area (Å²) in [6, 6.07) is 4.79. The maximum absolute atomic E-state index is 12.7. The van der Waals surface area contributed by atoms with E-state index in [0.717, 1.165) is 44.5 Å². The topological polar surface area (TPSA) is 29.1 Å². The van der Waals surface area contributed by atoms with Crippen molar-refractivity contribution in [2.75, 3.05) is 13.1 Å². The molecule has 1 aliphatic heterocycles. The predicted molar refractivity (Wildman–Crippen MR) is 68.4 cm³/mol. The zero-order chi connectivity index (χ0) is 14.4. The number of rotatable bonds is 2. The molecule has 1 heterocycles. The fourth-order valence-electron chi connectivity index (χ4n) is 3.25. The molecule has 20 heavy (non-hydrogen) atoms. The molecule has 1 N–H and O–H groups in total. The van der Waals surface area contributed by atoms with Gasteiger partial charge in [0, 0.05) is 11.5 Å². The molecular weight excluding hydrogens is 267 g/mol. The van der Waals surface area contributed by atoms with Crippen LogP contribution >= 0.6 is 0 Å². The maximum atomic E-state index is 12.7. The number of halogens is 3. The van der Waals surface area contributed by atoms with E-state index in [4.69, 9.17) is 0 Å². The number of carbonyl (C=O) groups excluding carboxylic acids is 1. The quantitative estimate of drug-likeness (QED) is 0.844. The molecule has 1 aliphatic carbocycles. The van der Waals surface area contributed by atoms with Crippen LogP contribution in [0.25, 0.3) is 0 Å². The van der Waals surface area contributed by atoms with Gasteiger partial charge in [-0.3, -0.25) is 4.79 Å². The Balaban J connectivity index is 1.79. The summed E-state index contributed by atoms with van der Waals surface area (Å²) < 4.78 is 38.0. The molecular formula is C15H16F3NO. The van der Waals surface area contributed by atoms with Crippen molar-refractivity contribution < 1.29 is 18.0 Å². The summed E-state index contributed by atoms with van der Waals surface area (Å²) in [5, 5.41) is 3.25. The number of hydrogen-bond acceptors (Lipinski definition) is 2. The van der Waals surface area contributed by atoms with Gasteiger partial charge in [0.1, 0.15) is 0 Å². The Hall–Kier alpha value is -1.36. The van der Waals surface area contributed by atoms with E-state index in [1.54, 1.807) is 0 Å². The molecule has 2 fully saturated rings. The molecule has 0 radical (unpaired) electrons. The first-order valence-corrected chi connectivity index (χ1v) is 6.85. The van der Waals surface area contributed by atoms with E-state index in [1.807, 2.05) is 0 Å². The summed E-state index contributed by atoms with van der Waals surface area (Å²) in [5.41, 5.74) is -0.500. The molecule has 5 heteroatoms. The number of Topliss-reactive ketones (excluding diaryl/α,β-unsaturated/α-hetero) is 1. The standard InChI is InChI=1S/C15H16F3NO/c16-15(17,18)11-3-1-2-10(8-11)13(20)12-9-14(12)4-6-19-7-5-14/h1-3,8,12,19H,4-7,9H2. The smallest absolute Gasteiger partial charge is 0.317 e. The van der Waals surface area contributed by atoms with Gasteiger partial charge in [-0.05, 0) is 49.9 Å².